The van der Waals surface area contributed by atoms with Gasteiger partial charge < -0.3 is 20.5 Å². The van der Waals surface area contributed by atoms with Crippen LogP contribution in [0, 0.1) is 11.8 Å². The number of carboxylic acids is 1. The summed E-state index contributed by atoms with van der Waals surface area (Å²) in [5.41, 5.74) is 4.73. The normalized spacial score (nSPS) is 19.5. The third kappa shape index (κ3) is 6.21. The predicted octanol–water partition coefficient (Wildman–Crippen LogP) is 4.70. The van der Waals surface area contributed by atoms with Crippen molar-refractivity contribution < 1.29 is 24.2 Å². The van der Waals surface area contributed by atoms with Crippen molar-refractivity contribution in [2.75, 3.05) is 13.2 Å². The Balaban J connectivity index is 1.25. The molecule has 1 fully saturated rings. The molecule has 7 heteroatoms. The van der Waals surface area contributed by atoms with Gasteiger partial charge in [0.25, 0.3) is 0 Å². The Bertz CT molecular complexity index is 1020. The standard InChI is InChI=1S/C28H34N2O5/c1-18(13-14-27(32)33)16-29-26(31)15-19-7-6-12-25(19)30-28(34)35-17-24-22-10-4-2-8-20(22)21-9-3-5-11-23(21)24/h2-5,8-11,18-19,24-25H,6-7,12-17H2,1H3,(H,29,31)(H,30,34)(H,32,33). The van der Waals surface area contributed by atoms with Crippen LogP contribution in [0.3, 0.4) is 0 Å². The monoisotopic (exact) mass is 478 g/mol. The fourth-order valence-electron chi connectivity index (χ4n) is 5.33. The maximum Gasteiger partial charge on any atom is 0.407 e. The largest absolute Gasteiger partial charge is 0.481 e. The summed E-state index contributed by atoms with van der Waals surface area (Å²) in [7, 11) is 0. The van der Waals surface area contributed by atoms with Crippen LogP contribution in [0.4, 0.5) is 4.79 Å². The van der Waals surface area contributed by atoms with Crippen LogP contribution in [0.1, 0.15) is 62.5 Å². The number of rotatable bonds is 10. The van der Waals surface area contributed by atoms with Gasteiger partial charge in [-0.2, -0.15) is 0 Å². The van der Waals surface area contributed by atoms with Crippen LogP contribution in [0.2, 0.25) is 0 Å². The van der Waals surface area contributed by atoms with Crippen LogP contribution in [-0.2, 0) is 14.3 Å². The molecule has 2 aliphatic carbocycles. The van der Waals surface area contributed by atoms with Gasteiger partial charge in [-0.1, -0.05) is 61.9 Å². The zero-order valence-electron chi connectivity index (χ0n) is 20.2. The molecule has 0 bridgehead atoms. The molecule has 186 valence electrons. The van der Waals surface area contributed by atoms with Gasteiger partial charge in [0.2, 0.25) is 5.91 Å². The molecule has 3 atom stereocenters. The maximum absolute atomic E-state index is 12.7. The van der Waals surface area contributed by atoms with Crippen molar-refractivity contribution >= 4 is 18.0 Å². The molecule has 0 aliphatic heterocycles. The summed E-state index contributed by atoms with van der Waals surface area (Å²) in [6.45, 7) is 2.66. The van der Waals surface area contributed by atoms with Crippen molar-refractivity contribution in [2.24, 2.45) is 11.8 Å². The molecule has 7 nitrogen and oxygen atoms in total. The van der Waals surface area contributed by atoms with E-state index < -0.39 is 12.1 Å². The number of fused-ring (bicyclic) bond motifs is 3. The van der Waals surface area contributed by atoms with Gasteiger partial charge in [0, 0.05) is 31.3 Å². The molecular formula is C28H34N2O5. The highest BCUT2D eigenvalue weighted by atomic mass is 16.5. The van der Waals surface area contributed by atoms with E-state index in [4.69, 9.17) is 9.84 Å². The first kappa shape index (κ1) is 24.8. The number of carbonyl (C=O) groups excluding carboxylic acids is 2. The first-order chi connectivity index (χ1) is 16.9. The molecule has 35 heavy (non-hydrogen) atoms. The average molecular weight is 479 g/mol. The van der Waals surface area contributed by atoms with E-state index in [0.717, 1.165) is 19.3 Å². The second kappa shape index (κ2) is 11.4. The Labute approximate surface area is 206 Å². The Morgan fingerprint density at radius 2 is 1.69 bits per heavy atom. The molecule has 0 radical (unpaired) electrons. The predicted molar refractivity (Wildman–Crippen MR) is 133 cm³/mol. The number of amides is 2. The Hall–Kier alpha value is -3.35. The number of carbonyl (C=O) groups is 3. The number of aliphatic carboxylic acids is 1. The van der Waals surface area contributed by atoms with E-state index in [1.165, 1.54) is 22.3 Å². The van der Waals surface area contributed by atoms with Crippen molar-refractivity contribution in [3.8, 4) is 11.1 Å². The third-order valence-electron chi connectivity index (χ3n) is 7.25. The molecule has 2 aromatic carbocycles. The lowest BCUT2D eigenvalue weighted by atomic mass is 9.98. The Morgan fingerprint density at radius 1 is 1.03 bits per heavy atom. The lowest BCUT2D eigenvalue weighted by molar-refractivity contribution is -0.137. The number of carboxylic acid groups (broad SMARTS) is 1. The van der Waals surface area contributed by atoms with Crippen LogP contribution in [0.5, 0.6) is 0 Å². The van der Waals surface area contributed by atoms with Crippen LogP contribution < -0.4 is 10.6 Å². The molecular weight excluding hydrogens is 444 g/mol. The summed E-state index contributed by atoms with van der Waals surface area (Å²) in [4.78, 5) is 35.8. The van der Waals surface area contributed by atoms with Crippen molar-refractivity contribution in [1.29, 1.82) is 0 Å². The molecule has 3 N–H and O–H groups in total. The van der Waals surface area contributed by atoms with Crippen molar-refractivity contribution in [2.45, 2.75) is 57.4 Å². The lowest BCUT2D eigenvalue weighted by Gasteiger charge is -2.22. The fourth-order valence-corrected chi connectivity index (χ4v) is 5.33. The van der Waals surface area contributed by atoms with Gasteiger partial charge in [0.1, 0.15) is 6.61 Å². The van der Waals surface area contributed by atoms with Crippen molar-refractivity contribution in [3.63, 3.8) is 0 Å². The van der Waals surface area contributed by atoms with Gasteiger partial charge in [-0.05, 0) is 53.4 Å². The molecule has 0 spiro atoms. The Kier molecular flexibility index (Phi) is 8.06. The van der Waals surface area contributed by atoms with Crippen molar-refractivity contribution in [1.82, 2.24) is 10.6 Å². The number of nitrogens with one attached hydrogen (secondary N) is 2. The quantitative estimate of drug-likeness (QED) is 0.459. The van der Waals surface area contributed by atoms with Crippen LogP contribution in [-0.4, -0.2) is 42.3 Å². The lowest BCUT2D eigenvalue weighted by Crippen LogP contribution is -2.40. The summed E-state index contributed by atoms with van der Waals surface area (Å²) in [6, 6.07) is 16.4. The zero-order valence-corrected chi connectivity index (χ0v) is 20.2. The van der Waals surface area contributed by atoms with Crippen molar-refractivity contribution in [3.05, 3.63) is 59.7 Å². The number of alkyl carbamates (subject to hydrolysis) is 1. The van der Waals surface area contributed by atoms with Crippen LogP contribution >= 0.6 is 0 Å². The van der Waals surface area contributed by atoms with E-state index in [0.29, 0.717) is 19.4 Å². The highest BCUT2D eigenvalue weighted by molar-refractivity contribution is 5.79. The fraction of sp³-hybridized carbons (Fsp3) is 0.464. The van der Waals surface area contributed by atoms with Gasteiger partial charge in [-0.15, -0.1) is 0 Å². The molecule has 0 heterocycles. The van der Waals surface area contributed by atoms with Gasteiger partial charge in [-0.3, -0.25) is 9.59 Å². The van der Waals surface area contributed by atoms with Gasteiger partial charge in [-0.25, -0.2) is 4.79 Å². The van der Waals surface area contributed by atoms with E-state index in [1.54, 1.807) is 0 Å². The highest BCUT2D eigenvalue weighted by Gasteiger charge is 2.32. The van der Waals surface area contributed by atoms with Crippen LogP contribution in [0.25, 0.3) is 11.1 Å². The van der Waals surface area contributed by atoms with E-state index in [1.807, 2.05) is 31.2 Å². The van der Waals surface area contributed by atoms with E-state index in [-0.39, 0.29) is 42.7 Å². The van der Waals surface area contributed by atoms with Crippen LogP contribution in [0.15, 0.2) is 48.5 Å². The first-order valence-corrected chi connectivity index (χ1v) is 12.5. The molecule has 0 aromatic heterocycles. The molecule has 1 saturated carbocycles. The number of ether oxygens (including phenoxy) is 1. The zero-order chi connectivity index (χ0) is 24.8. The summed E-state index contributed by atoms with van der Waals surface area (Å²) >= 11 is 0. The summed E-state index contributed by atoms with van der Waals surface area (Å²) < 4.78 is 5.68. The number of hydrogen-bond donors (Lipinski definition) is 3. The van der Waals surface area contributed by atoms with E-state index >= 15 is 0 Å². The van der Waals surface area contributed by atoms with Gasteiger partial charge in [0.15, 0.2) is 0 Å². The second-order valence-corrected chi connectivity index (χ2v) is 9.81. The Morgan fingerprint density at radius 3 is 2.34 bits per heavy atom. The molecule has 0 saturated heterocycles. The summed E-state index contributed by atoms with van der Waals surface area (Å²) in [5, 5.41) is 14.7. The number of hydrogen-bond acceptors (Lipinski definition) is 4. The third-order valence-corrected chi connectivity index (χ3v) is 7.25. The molecule has 3 unspecified atom stereocenters. The highest BCUT2D eigenvalue weighted by Crippen LogP contribution is 2.44. The minimum atomic E-state index is -0.823. The minimum absolute atomic E-state index is 0.0152. The topological polar surface area (TPSA) is 105 Å². The maximum atomic E-state index is 12.7. The second-order valence-electron chi connectivity index (χ2n) is 9.81. The molecule has 4 rings (SSSR count). The minimum Gasteiger partial charge on any atom is -0.481 e. The van der Waals surface area contributed by atoms with E-state index in [2.05, 4.69) is 34.9 Å². The molecule has 2 amide bonds. The molecule has 2 aliphatic rings. The number of benzene rings is 2. The smallest absolute Gasteiger partial charge is 0.407 e. The molecule has 2 aromatic rings. The average Bonchev–Trinajstić information content (AvgIpc) is 3.41. The van der Waals surface area contributed by atoms with Gasteiger partial charge in [0.05, 0.1) is 0 Å². The van der Waals surface area contributed by atoms with E-state index in [9.17, 15) is 14.4 Å². The van der Waals surface area contributed by atoms with Gasteiger partial charge >= 0.3 is 12.1 Å². The first-order valence-electron chi connectivity index (χ1n) is 12.5. The summed E-state index contributed by atoms with van der Waals surface area (Å²) in [6.07, 6.45) is 3.22. The SMILES string of the molecule is CC(CCC(=O)O)CNC(=O)CC1CCCC1NC(=O)OCC1c2ccccc2-c2ccccc21. The summed E-state index contributed by atoms with van der Waals surface area (Å²) in [5.74, 6) is -0.686.